The zero-order valence-corrected chi connectivity index (χ0v) is 13.6. The molecule has 1 aromatic carbocycles. The molecule has 0 aliphatic carbocycles. The van der Waals surface area contributed by atoms with Gasteiger partial charge in [0.2, 0.25) is 0 Å². The average Bonchev–Trinajstić information content (AvgIpc) is 2.53. The largest absolute Gasteiger partial charge is 0.369 e. The van der Waals surface area contributed by atoms with E-state index in [2.05, 4.69) is 65.2 Å². The van der Waals surface area contributed by atoms with Crippen LogP contribution in [0.15, 0.2) is 18.2 Å². The Morgan fingerprint density at radius 1 is 1.25 bits per heavy atom. The van der Waals surface area contributed by atoms with Gasteiger partial charge < -0.3 is 4.74 Å². The van der Waals surface area contributed by atoms with Gasteiger partial charge in [-0.3, -0.25) is 11.3 Å². The van der Waals surface area contributed by atoms with Crippen molar-refractivity contribution in [2.24, 2.45) is 11.8 Å². The molecule has 1 heterocycles. The van der Waals surface area contributed by atoms with Crippen molar-refractivity contribution in [1.29, 1.82) is 0 Å². The maximum atomic E-state index is 6.23. The van der Waals surface area contributed by atoms with E-state index in [4.69, 9.17) is 10.6 Å². The van der Waals surface area contributed by atoms with Gasteiger partial charge in [0.15, 0.2) is 0 Å². The molecule has 0 aromatic heterocycles. The van der Waals surface area contributed by atoms with Crippen LogP contribution < -0.4 is 11.3 Å². The van der Waals surface area contributed by atoms with Crippen LogP contribution in [0.3, 0.4) is 0 Å². The summed E-state index contributed by atoms with van der Waals surface area (Å²) in [6.45, 7) is 12.9. The predicted molar refractivity (Wildman–Crippen MR) is 83.3 cm³/mol. The number of aryl methyl sites for hydroxylation is 2. The zero-order valence-electron chi connectivity index (χ0n) is 13.6. The molecule has 1 saturated heterocycles. The van der Waals surface area contributed by atoms with E-state index in [9.17, 15) is 0 Å². The van der Waals surface area contributed by atoms with Crippen molar-refractivity contribution < 1.29 is 4.74 Å². The Balaban J connectivity index is 2.40. The number of nitrogens with one attached hydrogen (secondary N) is 1. The van der Waals surface area contributed by atoms with Crippen molar-refractivity contribution >= 4 is 0 Å². The van der Waals surface area contributed by atoms with Gasteiger partial charge in [-0.25, -0.2) is 0 Å². The SMILES string of the molecule is Cc1ccc(C)c(C(NN)C2CC(C)(C)OC2(C)C)c1. The summed E-state index contributed by atoms with van der Waals surface area (Å²) in [5, 5.41) is 0. The van der Waals surface area contributed by atoms with E-state index in [1.54, 1.807) is 0 Å². The van der Waals surface area contributed by atoms with Gasteiger partial charge in [0.25, 0.3) is 0 Å². The third-order valence-corrected chi connectivity index (χ3v) is 4.50. The molecule has 1 aromatic rings. The van der Waals surface area contributed by atoms with Crippen molar-refractivity contribution in [3.63, 3.8) is 0 Å². The first-order valence-electron chi connectivity index (χ1n) is 7.40. The molecule has 0 spiro atoms. The summed E-state index contributed by atoms with van der Waals surface area (Å²) in [5.41, 5.74) is 6.59. The molecule has 1 aliphatic rings. The van der Waals surface area contributed by atoms with E-state index < -0.39 is 0 Å². The maximum absolute atomic E-state index is 6.23. The molecule has 20 heavy (non-hydrogen) atoms. The van der Waals surface area contributed by atoms with Crippen LogP contribution in [0.1, 0.15) is 56.8 Å². The van der Waals surface area contributed by atoms with Gasteiger partial charge in [0.1, 0.15) is 0 Å². The highest BCUT2D eigenvalue weighted by Crippen LogP contribution is 2.47. The minimum atomic E-state index is -0.184. The number of rotatable bonds is 3. The quantitative estimate of drug-likeness (QED) is 0.657. The minimum absolute atomic E-state index is 0.0962. The summed E-state index contributed by atoms with van der Waals surface area (Å²) in [6.07, 6.45) is 1.00. The highest BCUT2D eigenvalue weighted by Gasteiger charge is 2.49. The number of ether oxygens (including phenoxy) is 1. The second-order valence-corrected chi connectivity index (χ2v) is 7.28. The molecule has 1 fully saturated rings. The molecule has 3 nitrogen and oxygen atoms in total. The summed E-state index contributed by atoms with van der Waals surface area (Å²) >= 11 is 0. The van der Waals surface area contributed by atoms with E-state index in [1.165, 1.54) is 16.7 Å². The molecule has 0 amide bonds. The number of hydrogen-bond donors (Lipinski definition) is 2. The Kier molecular flexibility index (Phi) is 3.98. The minimum Gasteiger partial charge on any atom is -0.369 e. The van der Waals surface area contributed by atoms with E-state index in [1.807, 2.05) is 0 Å². The summed E-state index contributed by atoms with van der Waals surface area (Å²) in [5.74, 6) is 6.26. The van der Waals surface area contributed by atoms with Crippen molar-refractivity contribution in [1.82, 2.24) is 5.43 Å². The van der Waals surface area contributed by atoms with Gasteiger partial charge >= 0.3 is 0 Å². The second kappa shape index (κ2) is 5.14. The van der Waals surface area contributed by atoms with E-state index >= 15 is 0 Å². The molecule has 1 aliphatic heterocycles. The molecule has 2 atom stereocenters. The third kappa shape index (κ3) is 2.90. The summed E-state index contributed by atoms with van der Waals surface area (Å²) in [7, 11) is 0. The van der Waals surface area contributed by atoms with E-state index in [-0.39, 0.29) is 17.2 Å². The van der Waals surface area contributed by atoms with E-state index in [0.29, 0.717) is 5.92 Å². The van der Waals surface area contributed by atoms with Gasteiger partial charge in [-0.2, -0.15) is 0 Å². The molecule has 0 bridgehead atoms. The zero-order chi connectivity index (χ0) is 15.1. The fraction of sp³-hybridized carbons (Fsp3) is 0.647. The lowest BCUT2D eigenvalue weighted by Gasteiger charge is -2.33. The number of nitrogens with two attached hydrogens (primary N) is 1. The Morgan fingerprint density at radius 2 is 1.90 bits per heavy atom. The Hall–Kier alpha value is -0.900. The number of benzene rings is 1. The third-order valence-electron chi connectivity index (χ3n) is 4.50. The van der Waals surface area contributed by atoms with Gasteiger partial charge in [-0.1, -0.05) is 23.8 Å². The van der Waals surface area contributed by atoms with Crippen LogP contribution in [0.2, 0.25) is 0 Å². The van der Waals surface area contributed by atoms with Crippen LogP contribution in [0.5, 0.6) is 0 Å². The average molecular weight is 276 g/mol. The second-order valence-electron chi connectivity index (χ2n) is 7.28. The lowest BCUT2D eigenvalue weighted by molar-refractivity contribution is -0.0779. The fourth-order valence-corrected chi connectivity index (χ4v) is 3.64. The van der Waals surface area contributed by atoms with Crippen molar-refractivity contribution in [3.8, 4) is 0 Å². The normalized spacial score (nSPS) is 25.6. The Morgan fingerprint density at radius 3 is 2.40 bits per heavy atom. The summed E-state index contributed by atoms with van der Waals surface area (Å²) in [6, 6.07) is 6.67. The molecule has 3 heteroatoms. The topological polar surface area (TPSA) is 47.3 Å². The highest BCUT2D eigenvalue weighted by molar-refractivity contribution is 5.34. The fourth-order valence-electron chi connectivity index (χ4n) is 3.64. The van der Waals surface area contributed by atoms with Crippen LogP contribution in [-0.4, -0.2) is 11.2 Å². The molecule has 0 radical (unpaired) electrons. The first-order valence-corrected chi connectivity index (χ1v) is 7.40. The van der Waals surface area contributed by atoms with Crippen LogP contribution in [-0.2, 0) is 4.74 Å². The lowest BCUT2D eigenvalue weighted by Crippen LogP contribution is -2.41. The van der Waals surface area contributed by atoms with Crippen molar-refractivity contribution in [3.05, 3.63) is 34.9 Å². The molecule has 2 unspecified atom stereocenters. The molecule has 0 saturated carbocycles. The molecule has 112 valence electrons. The Bertz CT molecular complexity index is 494. The van der Waals surface area contributed by atoms with Crippen LogP contribution in [0.4, 0.5) is 0 Å². The van der Waals surface area contributed by atoms with Gasteiger partial charge in [-0.05, 0) is 59.1 Å². The summed E-state index contributed by atoms with van der Waals surface area (Å²) in [4.78, 5) is 0. The van der Waals surface area contributed by atoms with Crippen molar-refractivity contribution in [2.75, 3.05) is 0 Å². The lowest BCUT2D eigenvalue weighted by atomic mass is 9.78. The van der Waals surface area contributed by atoms with Gasteiger partial charge in [0, 0.05) is 5.92 Å². The smallest absolute Gasteiger partial charge is 0.0681 e. The molecular formula is C17H28N2O. The van der Waals surface area contributed by atoms with Crippen LogP contribution in [0, 0.1) is 19.8 Å². The van der Waals surface area contributed by atoms with Gasteiger partial charge in [-0.15, -0.1) is 0 Å². The van der Waals surface area contributed by atoms with Gasteiger partial charge in [0.05, 0.1) is 17.2 Å². The first-order chi connectivity index (χ1) is 9.16. The Labute approximate surface area is 122 Å². The first kappa shape index (κ1) is 15.5. The van der Waals surface area contributed by atoms with Crippen molar-refractivity contribution in [2.45, 2.75) is 65.2 Å². The predicted octanol–water partition coefficient (Wildman–Crippen LogP) is 3.40. The molecule has 2 rings (SSSR count). The van der Waals surface area contributed by atoms with Crippen LogP contribution in [0.25, 0.3) is 0 Å². The monoisotopic (exact) mass is 276 g/mol. The van der Waals surface area contributed by atoms with E-state index in [0.717, 1.165) is 6.42 Å². The number of hydrazine groups is 1. The highest BCUT2D eigenvalue weighted by atomic mass is 16.5. The maximum Gasteiger partial charge on any atom is 0.0681 e. The number of hydrogen-bond acceptors (Lipinski definition) is 3. The van der Waals surface area contributed by atoms with Crippen LogP contribution >= 0.6 is 0 Å². The molecular weight excluding hydrogens is 248 g/mol. The standard InChI is InChI=1S/C17H28N2O/c1-11-7-8-12(2)13(9-11)15(19-18)14-10-16(3,4)20-17(14,5)6/h7-9,14-15,19H,10,18H2,1-6H3. The summed E-state index contributed by atoms with van der Waals surface area (Å²) < 4.78 is 6.23. The molecule has 3 N–H and O–H groups in total.